The van der Waals surface area contributed by atoms with Crippen LogP contribution >= 0.6 is 34.8 Å². The van der Waals surface area contributed by atoms with Crippen LogP contribution in [0.2, 0.25) is 15.1 Å². The number of piperidine rings is 1. The van der Waals surface area contributed by atoms with Crippen LogP contribution in [0.3, 0.4) is 0 Å². The number of unbranched alkanes of at least 4 members (excludes halogenated alkanes) is 2. The van der Waals surface area contributed by atoms with E-state index in [2.05, 4.69) is 20.9 Å². The van der Waals surface area contributed by atoms with Crippen molar-refractivity contribution >= 4 is 58.5 Å². The molecule has 1 aliphatic rings. The van der Waals surface area contributed by atoms with Gasteiger partial charge < -0.3 is 20.9 Å². The number of benzene rings is 2. The van der Waals surface area contributed by atoms with Gasteiger partial charge in [0.1, 0.15) is 0 Å². The number of carbonyl (C=O) groups excluding carboxylic acids is 2. The van der Waals surface area contributed by atoms with Crippen molar-refractivity contribution < 1.29 is 9.59 Å². The molecule has 1 heterocycles. The van der Waals surface area contributed by atoms with Crippen LogP contribution in [-0.4, -0.2) is 49.1 Å². The standard InChI is InChI=1S/C26H31Cl3N4O2/c27-21-10-8-19(18-23(21)29)9-11-25(34)30-14-4-1-5-15-33-16-12-20(13-17-33)31-26(35)32-24-7-3-2-6-22(24)28/h2-3,6-11,18,20H,1,4-5,12-17H2,(H,30,34)(H2,31,32,35)/b11-9+. The number of para-hydroxylation sites is 1. The van der Waals surface area contributed by atoms with Crippen LogP contribution in [0.5, 0.6) is 0 Å². The molecular formula is C26H31Cl3N4O2. The Hall–Kier alpha value is -2.25. The minimum atomic E-state index is -0.217. The topological polar surface area (TPSA) is 73.5 Å². The molecule has 3 amide bonds. The molecule has 2 aromatic rings. The molecule has 9 heteroatoms. The first-order valence-electron chi connectivity index (χ1n) is 11.9. The average Bonchev–Trinajstić information content (AvgIpc) is 2.84. The van der Waals surface area contributed by atoms with Crippen molar-refractivity contribution in [1.82, 2.24) is 15.5 Å². The van der Waals surface area contributed by atoms with E-state index < -0.39 is 0 Å². The van der Waals surface area contributed by atoms with Gasteiger partial charge in [0.05, 0.1) is 20.8 Å². The maximum Gasteiger partial charge on any atom is 0.319 e. The molecule has 1 fully saturated rings. The molecule has 3 rings (SSSR count). The number of rotatable bonds is 10. The lowest BCUT2D eigenvalue weighted by atomic mass is 10.0. The number of carbonyl (C=O) groups is 2. The van der Waals surface area contributed by atoms with E-state index in [1.807, 2.05) is 18.2 Å². The Kier molecular flexibility index (Phi) is 11.2. The highest BCUT2D eigenvalue weighted by molar-refractivity contribution is 6.42. The van der Waals surface area contributed by atoms with E-state index in [0.29, 0.717) is 27.3 Å². The van der Waals surface area contributed by atoms with Crippen LogP contribution in [0.15, 0.2) is 48.5 Å². The molecule has 1 aliphatic heterocycles. The normalized spacial score (nSPS) is 14.7. The molecule has 0 radical (unpaired) electrons. The number of nitrogens with one attached hydrogen (secondary N) is 3. The van der Waals surface area contributed by atoms with Crippen LogP contribution in [0.1, 0.15) is 37.7 Å². The number of anilines is 1. The lowest BCUT2D eigenvalue weighted by molar-refractivity contribution is -0.116. The van der Waals surface area contributed by atoms with Crippen LogP contribution in [-0.2, 0) is 4.79 Å². The van der Waals surface area contributed by atoms with Gasteiger partial charge in [0.15, 0.2) is 0 Å². The second-order valence-corrected chi connectivity index (χ2v) is 9.77. The smallest absolute Gasteiger partial charge is 0.319 e. The number of nitrogens with zero attached hydrogens (tertiary/aromatic N) is 1. The highest BCUT2D eigenvalue weighted by Crippen LogP contribution is 2.23. The SMILES string of the molecule is O=C(/C=C/c1ccc(Cl)c(Cl)c1)NCCCCCN1CCC(NC(=O)Nc2ccccc2Cl)CC1. The Labute approximate surface area is 222 Å². The summed E-state index contributed by atoms with van der Waals surface area (Å²) in [5, 5.41) is 10.2. The molecule has 0 unspecified atom stereocenters. The van der Waals surface area contributed by atoms with Gasteiger partial charge in [0, 0.05) is 31.8 Å². The second-order valence-electron chi connectivity index (χ2n) is 8.55. The third-order valence-corrected chi connectivity index (χ3v) is 6.93. The van der Waals surface area contributed by atoms with Crippen molar-refractivity contribution in [3.05, 3.63) is 69.2 Å². The van der Waals surface area contributed by atoms with Gasteiger partial charge in [-0.1, -0.05) is 59.4 Å². The highest BCUT2D eigenvalue weighted by Gasteiger charge is 2.20. The molecule has 0 atom stereocenters. The summed E-state index contributed by atoms with van der Waals surface area (Å²) in [7, 11) is 0. The Morgan fingerprint density at radius 1 is 0.943 bits per heavy atom. The molecule has 2 aromatic carbocycles. The lowest BCUT2D eigenvalue weighted by Crippen LogP contribution is -2.46. The fourth-order valence-electron chi connectivity index (χ4n) is 3.90. The molecule has 0 spiro atoms. The molecule has 0 aliphatic carbocycles. The number of amides is 3. The molecule has 3 N–H and O–H groups in total. The Bertz CT molecular complexity index is 1020. The van der Waals surface area contributed by atoms with Crippen LogP contribution in [0, 0.1) is 0 Å². The van der Waals surface area contributed by atoms with E-state index >= 15 is 0 Å². The quantitative estimate of drug-likeness (QED) is 0.248. The second kappa shape index (κ2) is 14.3. The van der Waals surface area contributed by atoms with Crippen molar-refractivity contribution in [2.45, 2.75) is 38.1 Å². The van der Waals surface area contributed by atoms with Gasteiger partial charge in [0.2, 0.25) is 5.91 Å². The van der Waals surface area contributed by atoms with Gasteiger partial charge in [-0.15, -0.1) is 0 Å². The third kappa shape index (κ3) is 9.73. The van der Waals surface area contributed by atoms with E-state index in [0.717, 1.165) is 57.3 Å². The molecule has 0 aromatic heterocycles. The molecule has 188 valence electrons. The highest BCUT2D eigenvalue weighted by atomic mass is 35.5. The average molecular weight is 538 g/mol. The van der Waals surface area contributed by atoms with Crippen LogP contribution < -0.4 is 16.0 Å². The summed E-state index contributed by atoms with van der Waals surface area (Å²) in [5.74, 6) is -0.121. The summed E-state index contributed by atoms with van der Waals surface area (Å²) in [4.78, 5) is 26.6. The van der Waals surface area contributed by atoms with Gasteiger partial charge in [-0.3, -0.25) is 4.79 Å². The first-order valence-corrected chi connectivity index (χ1v) is 13.0. The third-order valence-electron chi connectivity index (χ3n) is 5.87. The predicted octanol–water partition coefficient (Wildman–Crippen LogP) is 6.23. The van der Waals surface area contributed by atoms with Gasteiger partial charge >= 0.3 is 6.03 Å². The zero-order valence-corrected chi connectivity index (χ0v) is 21.8. The van der Waals surface area contributed by atoms with E-state index in [4.69, 9.17) is 34.8 Å². The first kappa shape index (κ1) is 27.3. The first-order chi connectivity index (χ1) is 16.9. The van der Waals surface area contributed by atoms with E-state index in [1.165, 1.54) is 6.08 Å². The number of halogens is 3. The molecule has 1 saturated heterocycles. The summed E-state index contributed by atoms with van der Waals surface area (Å²) in [6, 6.07) is 12.4. The minimum Gasteiger partial charge on any atom is -0.353 e. The Balaban J connectivity index is 1.22. The fraction of sp³-hybridized carbons (Fsp3) is 0.385. The maximum atomic E-state index is 12.2. The number of likely N-dealkylation sites (tertiary alicyclic amines) is 1. The summed E-state index contributed by atoms with van der Waals surface area (Å²) in [6.45, 7) is 3.61. The monoisotopic (exact) mass is 536 g/mol. The zero-order chi connectivity index (χ0) is 25.0. The molecule has 35 heavy (non-hydrogen) atoms. The summed E-state index contributed by atoms with van der Waals surface area (Å²) in [6.07, 6.45) is 8.15. The van der Waals surface area contributed by atoms with Crippen molar-refractivity contribution in [2.75, 3.05) is 31.5 Å². The maximum absolute atomic E-state index is 12.2. The minimum absolute atomic E-state index is 0.121. The van der Waals surface area contributed by atoms with Crippen molar-refractivity contribution in [3.8, 4) is 0 Å². The predicted molar refractivity (Wildman–Crippen MR) is 145 cm³/mol. The zero-order valence-electron chi connectivity index (χ0n) is 19.5. The van der Waals surface area contributed by atoms with Gasteiger partial charge in [-0.05, 0) is 68.1 Å². The van der Waals surface area contributed by atoms with Crippen molar-refractivity contribution in [3.63, 3.8) is 0 Å². The molecule has 0 bridgehead atoms. The Morgan fingerprint density at radius 3 is 2.46 bits per heavy atom. The van der Waals surface area contributed by atoms with Crippen molar-refractivity contribution in [1.29, 1.82) is 0 Å². The van der Waals surface area contributed by atoms with E-state index in [1.54, 1.807) is 30.3 Å². The summed E-state index contributed by atoms with van der Waals surface area (Å²) < 4.78 is 0. The lowest BCUT2D eigenvalue weighted by Gasteiger charge is -2.32. The van der Waals surface area contributed by atoms with E-state index in [9.17, 15) is 9.59 Å². The van der Waals surface area contributed by atoms with Gasteiger partial charge in [0.25, 0.3) is 0 Å². The largest absolute Gasteiger partial charge is 0.353 e. The Morgan fingerprint density at radius 2 is 1.71 bits per heavy atom. The van der Waals surface area contributed by atoms with Gasteiger partial charge in [-0.2, -0.15) is 0 Å². The fourth-order valence-corrected chi connectivity index (χ4v) is 4.39. The molecule has 0 saturated carbocycles. The molecule has 6 nitrogen and oxygen atoms in total. The number of hydrogen-bond donors (Lipinski definition) is 3. The van der Waals surface area contributed by atoms with Crippen LogP contribution in [0.4, 0.5) is 10.5 Å². The molecular weight excluding hydrogens is 507 g/mol. The summed E-state index contributed by atoms with van der Waals surface area (Å²) >= 11 is 18.0. The number of urea groups is 1. The van der Waals surface area contributed by atoms with Crippen molar-refractivity contribution in [2.24, 2.45) is 0 Å². The van der Waals surface area contributed by atoms with Crippen LogP contribution in [0.25, 0.3) is 6.08 Å². The number of hydrogen-bond acceptors (Lipinski definition) is 3. The summed E-state index contributed by atoms with van der Waals surface area (Å²) in [5.41, 5.74) is 1.44. The van der Waals surface area contributed by atoms with E-state index in [-0.39, 0.29) is 18.0 Å². The van der Waals surface area contributed by atoms with Gasteiger partial charge in [-0.25, -0.2) is 4.79 Å².